The van der Waals surface area contributed by atoms with Crippen LogP contribution >= 0.6 is 23.2 Å². The smallest absolute Gasteiger partial charge is 0.358 e. The third-order valence-corrected chi connectivity index (χ3v) is 4.63. The zero-order valence-electron chi connectivity index (χ0n) is 15.4. The Morgan fingerprint density at radius 3 is 1.82 bits per heavy atom. The van der Waals surface area contributed by atoms with Gasteiger partial charge in [-0.25, -0.2) is 14.8 Å². The molecule has 3 rings (SSSR count). The SMILES string of the molecule is COCCc1nc(-c2ccc(Cl)cc2)c(-c2ccc(Cl)cc2)nc1C(=O)OC. The summed E-state index contributed by atoms with van der Waals surface area (Å²) < 4.78 is 10.1. The summed E-state index contributed by atoms with van der Waals surface area (Å²) in [6.07, 6.45) is 0.426. The van der Waals surface area contributed by atoms with Gasteiger partial charge in [0.1, 0.15) is 0 Å². The van der Waals surface area contributed by atoms with Gasteiger partial charge >= 0.3 is 5.97 Å². The van der Waals surface area contributed by atoms with Gasteiger partial charge in [0.2, 0.25) is 0 Å². The van der Waals surface area contributed by atoms with Gasteiger partial charge in [-0.05, 0) is 24.3 Å². The predicted molar refractivity (Wildman–Crippen MR) is 110 cm³/mol. The number of carbonyl (C=O) groups excluding carboxylic acids is 1. The van der Waals surface area contributed by atoms with Crippen LogP contribution in [0.15, 0.2) is 48.5 Å². The standard InChI is InChI=1S/C21H18Cl2N2O3/c1-27-12-11-17-20(21(26)28-2)25-19(14-5-9-16(23)10-6-14)18(24-17)13-3-7-15(22)8-4-13/h3-10H,11-12H2,1-2H3. The van der Waals surface area contributed by atoms with E-state index in [2.05, 4.69) is 4.98 Å². The molecule has 0 atom stereocenters. The van der Waals surface area contributed by atoms with Crippen molar-refractivity contribution >= 4 is 29.2 Å². The number of hydrogen-bond acceptors (Lipinski definition) is 5. The Hall–Kier alpha value is -2.47. The first-order valence-corrected chi connectivity index (χ1v) is 9.29. The highest BCUT2D eigenvalue weighted by atomic mass is 35.5. The van der Waals surface area contributed by atoms with Gasteiger partial charge in [-0.2, -0.15) is 0 Å². The quantitative estimate of drug-likeness (QED) is 0.523. The second-order valence-corrected chi connectivity index (χ2v) is 6.84. The molecule has 0 radical (unpaired) electrons. The number of esters is 1. The highest BCUT2D eigenvalue weighted by Crippen LogP contribution is 2.32. The maximum absolute atomic E-state index is 12.3. The molecule has 3 aromatic rings. The van der Waals surface area contributed by atoms with Crippen molar-refractivity contribution < 1.29 is 14.3 Å². The Balaban J connectivity index is 2.25. The molecular weight excluding hydrogens is 399 g/mol. The Labute approximate surface area is 173 Å². The Bertz CT molecular complexity index is 974. The van der Waals surface area contributed by atoms with Crippen LogP contribution in [-0.4, -0.2) is 36.8 Å². The van der Waals surface area contributed by atoms with Gasteiger partial charge in [-0.3, -0.25) is 0 Å². The summed E-state index contributed by atoms with van der Waals surface area (Å²) in [5.74, 6) is -0.545. The predicted octanol–water partition coefficient (Wildman–Crippen LogP) is 5.09. The minimum Gasteiger partial charge on any atom is -0.464 e. The molecule has 2 aromatic carbocycles. The normalized spacial score (nSPS) is 10.7. The van der Waals surface area contributed by atoms with Crippen LogP contribution in [0.2, 0.25) is 10.0 Å². The van der Waals surface area contributed by atoms with Gasteiger partial charge < -0.3 is 9.47 Å². The van der Waals surface area contributed by atoms with E-state index in [0.717, 1.165) is 11.1 Å². The van der Waals surface area contributed by atoms with E-state index >= 15 is 0 Å². The lowest BCUT2D eigenvalue weighted by atomic mass is 10.0. The lowest BCUT2D eigenvalue weighted by Crippen LogP contribution is -2.14. The molecule has 0 aliphatic rings. The fourth-order valence-electron chi connectivity index (χ4n) is 2.72. The van der Waals surface area contributed by atoms with E-state index in [9.17, 15) is 4.79 Å². The van der Waals surface area contributed by atoms with Gasteiger partial charge in [0, 0.05) is 34.7 Å². The van der Waals surface area contributed by atoms with Crippen LogP contribution in [-0.2, 0) is 15.9 Å². The van der Waals surface area contributed by atoms with Crippen LogP contribution < -0.4 is 0 Å². The van der Waals surface area contributed by atoms with Crippen LogP contribution in [0.3, 0.4) is 0 Å². The molecule has 0 saturated heterocycles. The molecule has 0 bridgehead atoms. The molecule has 0 N–H and O–H groups in total. The van der Waals surface area contributed by atoms with Crippen molar-refractivity contribution in [1.82, 2.24) is 9.97 Å². The first-order chi connectivity index (χ1) is 13.5. The summed E-state index contributed by atoms with van der Waals surface area (Å²) in [5.41, 5.74) is 3.49. The zero-order valence-corrected chi connectivity index (χ0v) is 16.9. The first kappa shape index (κ1) is 20.3. The minimum absolute atomic E-state index is 0.169. The molecule has 0 aliphatic heterocycles. The van der Waals surface area contributed by atoms with Crippen LogP contribution in [0.4, 0.5) is 0 Å². The molecule has 0 spiro atoms. The first-order valence-electron chi connectivity index (χ1n) is 8.53. The lowest BCUT2D eigenvalue weighted by molar-refractivity contribution is 0.0591. The van der Waals surface area contributed by atoms with E-state index in [1.54, 1.807) is 31.4 Å². The molecule has 0 fully saturated rings. The molecule has 0 aliphatic carbocycles. The van der Waals surface area contributed by atoms with E-state index in [1.165, 1.54) is 7.11 Å². The van der Waals surface area contributed by atoms with E-state index in [4.69, 9.17) is 37.7 Å². The second kappa shape index (κ2) is 9.15. The number of aromatic nitrogens is 2. The van der Waals surface area contributed by atoms with E-state index in [0.29, 0.717) is 40.2 Å². The maximum Gasteiger partial charge on any atom is 0.358 e. The summed E-state index contributed by atoms with van der Waals surface area (Å²) in [4.78, 5) is 21.7. The van der Waals surface area contributed by atoms with Gasteiger partial charge in [-0.15, -0.1) is 0 Å². The number of rotatable bonds is 6. The number of nitrogens with zero attached hydrogens (tertiary/aromatic N) is 2. The largest absolute Gasteiger partial charge is 0.464 e. The Morgan fingerprint density at radius 2 is 1.36 bits per heavy atom. The molecule has 0 amide bonds. The Kier molecular flexibility index (Phi) is 6.62. The van der Waals surface area contributed by atoms with Gasteiger partial charge in [-0.1, -0.05) is 47.5 Å². The van der Waals surface area contributed by atoms with Crippen LogP contribution in [0, 0.1) is 0 Å². The summed E-state index contributed by atoms with van der Waals surface area (Å²) in [6, 6.07) is 14.5. The van der Waals surface area contributed by atoms with E-state index in [-0.39, 0.29) is 5.69 Å². The van der Waals surface area contributed by atoms with Crippen LogP contribution in [0.5, 0.6) is 0 Å². The number of carbonyl (C=O) groups is 1. The average Bonchev–Trinajstić information content (AvgIpc) is 2.72. The second-order valence-electron chi connectivity index (χ2n) is 5.96. The molecule has 1 aromatic heterocycles. The number of hydrogen-bond donors (Lipinski definition) is 0. The molecule has 1 heterocycles. The molecule has 0 unspecified atom stereocenters. The van der Waals surface area contributed by atoms with Crippen molar-refractivity contribution in [2.24, 2.45) is 0 Å². The van der Waals surface area contributed by atoms with Crippen molar-refractivity contribution in [3.8, 4) is 22.5 Å². The summed E-state index contributed by atoms with van der Waals surface area (Å²) in [7, 11) is 2.91. The van der Waals surface area contributed by atoms with Crippen LogP contribution in [0.1, 0.15) is 16.2 Å². The number of ether oxygens (including phenoxy) is 2. The highest BCUT2D eigenvalue weighted by Gasteiger charge is 2.21. The topological polar surface area (TPSA) is 61.3 Å². The third kappa shape index (κ3) is 4.50. The van der Waals surface area contributed by atoms with Crippen molar-refractivity contribution in [3.05, 3.63) is 70.0 Å². The summed E-state index contributed by atoms with van der Waals surface area (Å²) in [5, 5.41) is 1.23. The molecule has 144 valence electrons. The molecule has 0 saturated carbocycles. The number of benzene rings is 2. The molecular formula is C21H18Cl2N2O3. The van der Waals surface area contributed by atoms with Crippen molar-refractivity contribution in [2.45, 2.75) is 6.42 Å². The minimum atomic E-state index is -0.545. The molecule has 7 heteroatoms. The van der Waals surface area contributed by atoms with Gasteiger partial charge in [0.05, 0.1) is 30.8 Å². The zero-order chi connectivity index (χ0) is 20.1. The number of methoxy groups -OCH3 is 2. The molecule has 5 nitrogen and oxygen atoms in total. The fourth-order valence-corrected chi connectivity index (χ4v) is 2.97. The third-order valence-electron chi connectivity index (χ3n) is 4.13. The van der Waals surface area contributed by atoms with Crippen molar-refractivity contribution in [3.63, 3.8) is 0 Å². The van der Waals surface area contributed by atoms with Crippen LogP contribution in [0.25, 0.3) is 22.5 Å². The van der Waals surface area contributed by atoms with E-state index < -0.39 is 5.97 Å². The summed E-state index contributed by atoms with van der Waals surface area (Å²) in [6.45, 7) is 0.402. The van der Waals surface area contributed by atoms with Crippen molar-refractivity contribution in [2.75, 3.05) is 20.8 Å². The number of halogens is 2. The average molecular weight is 417 g/mol. The molecule has 28 heavy (non-hydrogen) atoms. The lowest BCUT2D eigenvalue weighted by Gasteiger charge is -2.14. The Morgan fingerprint density at radius 1 is 0.857 bits per heavy atom. The maximum atomic E-state index is 12.3. The highest BCUT2D eigenvalue weighted by molar-refractivity contribution is 6.31. The van der Waals surface area contributed by atoms with Crippen molar-refractivity contribution in [1.29, 1.82) is 0 Å². The summed E-state index contributed by atoms with van der Waals surface area (Å²) >= 11 is 12.1. The van der Waals surface area contributed by atoms with E-state index in [1.807, 2.05) is 24.3 Å². The fraction of sp³-hybridized carbons (Fsp3) is 0.190. The monoisotopic (exact) mass is 416 g/mol. The van der Waals surface area contributed by atoms with Gasteiger partial charge in [0.15, 0.2) is 5.69 Å². The van der Waals surface area contributed by atoms with Gasteiger partial charge in [0.25, 0.3) is 0 Å².